The van der Waals surface area contributed by atoms with Gasteiger partial charge in [-0.2, -0.15) is 13.2 Å². The van der Waals surface area contributed by atoms with E-state index in [0.29, 0.717) is 12.6 Å². The monoisotopic (exact) mass is 268 g/mol. The second-order valence-corrected chi connectivity index (χ2v) is 4.94. The lowest BCUT2D eigenvalue weighted by Crippen LogP contribution is -2.46. The smallest absolute Gasteiger partial charge is 0.307 e. The fourth-order valence-corrected chi connectivity index (χ4v) is 1.99. The maximum atomic E-state index is 12.1. The molecule has 0 aliphatic carbocycles. The van der Waals surface area contributed by atoms with Gasteiger partial charge in [0, 0.05) is 18.6 Å². The highest BCUT2D eigenvalue weighted by molar-refractivity contribution is 4.75. The van der Waals surface area contributed by atoms with E-state index in [1.807, 2.05) is 6.92 Å². The van der Waals surface area contributed by atoms with Gasteiger partial charge in [0.25, 0.3) is 0 Å². The van der Waals surface area contributed by atoms with Crippen LogP contribution in [-0.4, -0.2) is 42.8 Å². The summed E-state index contributed by atoms with van der Waals surface area (Å²) in [5.74, 6) is 0. The second-order valence-electron chi connectivity index (χ2n) is 4.94. The quantitative estimate of drug-likeness (QED) is 0.689. The molecule has 0 aliphatic rings. The molecule has 0 rings (SSSR count). The molecule has 0 aromatic carbocycles. The average Bonchev–Trinajstić information content (AvgIpc) is 2.27. The van der Waals surface area contributed by atoms with Crippen molar-refractivity contribution < 1.29 is 13.2 Å². The third-order valence-electron chi connectivity index (χ3n) is 3.26. The van der Waals surface area contributed by atoms with Gasteiger partial charge in [-0.25, -0.2) is 0 Å². The molecule has 1 N–H and O–H groups in total. The summed E-state index contributed by atoms with van der Waals surface area (Å²) >= 11 is 0. The second kappa shape index (κ2) is 8.75. The Morgan fingerprint density at radius 3 is 2.17 bits per heavy atom. The zero-order valence-corrected chi connectivity index (χ0v) is 12.0. The molecule has 0 fully saturated rings. The number of unbranched alkanes of at least 4 members (excludes halogenated alkanes) is 1. The first kappa shape index (κ1) is 17.7. The van der Waals surface area contributed by atoms with Gasteiger partial charge in [0.05, 0.1) is 6.54 Å². The van der Waals surface area contributed by atoms with E-state index in [9.17, 15) is 13.2 Å². The van der Waals surface area contributed by atoms with Crippen LogP contribution in [-0.2, 0) is 0 Å². The zero-order chi connectivity index (χ0) is 14.2. The van der Waals surface area contributed by atoms with E-state index >= 15 is 0 Å². The van der Waals surface area contributed by atoms with Crippen LogP contribution in [0.2, 0.25) is 0 Å². The van der Waals surface area contributed by atoms with Gasteiger partial charge in [0.15, 0.2) is 0 Å². The molecular formula is C13H27F3N2. The zero-order valence-electron chi connectivity index (χ0n) is 12.0. The number of nitrogens with zero attached hydrogens (tertiary/aromatic N) is 1. The van der Waals surface area contributed by atoms with Crippen molar-refractivity contribution in [1.82, 2.24) is 10.2 Å². The summed E-state index contributed by atoms with van der Waals surface area (Å²) in [6.45, 7) is 8.80. The third kappa shape index (κ3) is 7.93. The molecule has 0 saturated carbocycles. The topological polar surface area (TPSA) is 15.3 Å². The normalized spacial score (nSPS) is 16.0. The fourth-order valence-electron chi connectivity index (χ4n) is 1.99. The van der Waals surface area contributed by atoms with Crippen LogP contribution in [0.25, 0.3) is 0 Å². The van der Waals surface area contributed by atoms with E-state index in [1.165, 1.54) is 0 Å². The van der Waals surface area contributed by atoms with Crippen molar-refractivity contribution in [3.05, 3.63) is 0 Å². The first-order valence-corrected chi connectivity index (χ1v) is 6.85. The predicted molar refractivity (Wildman–Crippen MR) is 69.8 cm³/mol. The lowest BCUT2D eigenvalue weighted by atomic mass is 10.1. The highest BCUT2D eigenvalue weighted by Gasteiger charge is 2.27. The van der Waals surface area contributed by atoms with Crippen LogP contribution in [0.4, 0.5) is 13.2 Å². The number of halogens is 3. The Kier molecular flexibility index (Phi) is 8.61. The van der Waals surface area contributed by atoms with Crippen LogP contribution >= 0.6 is 0 Å². The molecule has 0 saturated heterocycles. The molecule has 0 aromatic rings. The SMILES string of the molecule is CCCCN(C(C)CC)C(C)CNCC(F)(F)F. The molecule has 2 atom stereocenters. The number of nitrogens with one attached hydrogen (secondary N) is 1. The first-order chi connectivity index (χ1) is 8.31. The summed E-state index contributed by atoms with van der Waals surface area (Å²) in [6, 6.07) is 0.549. The van der Waals surface area contributed by atoms with Gasteiger partial charge >= 0.3 is 6.18 Å². The molecule has 0 spiro atoms. The molecule has 18 heavy (non-hydrogen) atoms. The van der Waals surface area contributed by atoms with Crippen molar-refractivity contribution in [1.29, 1.82) is 0 Å². The fraction of sp³-hybridized carbons (Fsp3) is 1.00. The molecule has 0 heterocycles. The predicted octanol–water partition coefficient (Wildman–Crippen LogP) is 3.43. The van der Waals surface area contributed by atoms with Crippen molar-refractivity contribution >= 4 is 0 Å². The lowest BCUT2D eigenvalue weighted by molar-refractivity contribution is -0.125. The minimum atomic E-state index is -4.12. The Morgan fingerprint density at radius 2 is 1.72 bits per heavy atom. The average molecular weight is 268 g/mol. The van der Waals surface area contributed by atoms with Gasteiger partial charge < -0.3 is 5.32 Å². The van der Waals surface area contributed by atoms with Crippen LogP contribution < -0.4 is 5.32 Å². The van der Waals surface area contributed by atoms with E-state index in [4.69, 9.17) is 0 Å². The van der Waals surface area contributed by atoms with Crippen LogP contribution in [0.1, 0.15) is 47.0 Å². The summed E-state index contributed by atoms with van der Waals surface area (Å²) in [7, 11) is 0. The summed E-state index contributed by atoms with van der Waals surface area (Å²) < 4.78 is 36.2. The highest BCUT2D eigenvalue weighted by Crippen LogP contribution is 2.13. The molecule has 2 nitrogen and oxygen atoms in total. The molecular weight excluding hydrogens is 241 g/mol. The summed E-state index contributed by atoms with van der Waals surface area (Å²) in [6.07, 6.45) is -0.902. The van der Waals surface area contributed by atoms with Crippen molar-refractivity contribution in [3.63, 3.8) is 0 Å². The Balaban J connectivity index is 4.15. The van der Waals surface area contributed by atoms with Crippen molar-refractivity contribution in [2.75, 3.05) is 19.6 Å². The van der Waals surface area contributed by atoms with Gasteiger partial charge in [0.2, 0.25) is 0 Å². The maximum absolute atomic E-state index is 12.1. The number of alkyl halides is 3. The Hall–Kier alpha value is -0.290. The van der Waals surface area contributed by atoms with Crippen LogP contribution in [0.5, 0.6) is 0 Å². The van der Waals surface area contributed by atoms with E-state index in [-0.39, 0.29) is 6.04 Å². The summed E-state index contributed by atoms with van der Waals surface area (Å²) in [4.78, 5) is 2.30. The highest BCUT2D eigenvalue weighted by atomic mass is 19.4. The molecule has 5 heteroatoms. The van der Waals surface area contributed by atoms with Gasteiger partial charge in [-0.05, 0) is 33.2 Å². The standard InChI is InChI=1S/C13H27F3N2/c1-5-7-8-18(11(3)6-2)12(4)9-17-10-13(14,15)16/h11-12,17H,5-10H2,1-4H3. The molecule has 0 aromatic heterocycles. The van der Waals surface area contributed by atoms with Gasteiger partial charge in [0.1, 0.15) is 0 Å². The molecule has 0 bridgehead atoms. The van der Waals surface area contributed by atoms with Crippen molar-refractivity contribution in [3.8, 4) is 0 Å². The largest absolute Gasteiger partial charge is 0.401 e. The molecule has 0 aliphatic heterocycles. The third-order valence-corrected chi connectivity index (χ3v) is 3.26. The van der Waals surface area contributed by atoms with Gasteiger partial charge in [-0.1, -0.05) is 20.3 Å². The van der Waals surface area contributed by atoms with Crippen LogP contribution in [0.15, 0.2) is 0 Å². The Morgan fingerprint density at radius 1 is 1.11 bits per heavy atom. The van der Waals surface area contributed by atoms with Gasteiger partial charge in [-0.15, -0.1) is 0 Å². The van der Waals surface area contributed by atoms with Crippen molar-refractivity contribution in [2.45, 2.75) is 65.2 Å². The maximum Gasteiger partial charge on any atom is 0.401 e. The van der Waals surface area contributed by atoms with Crippen LogP contribution in [0.3, 0.4) is 0 Å². The molecule has 0 radical (unpaired) electrons. The lowest BCUT2D eigenvalue weighted by Gasteiger charge is -2.34. The van der Waals surface area contributed by atoms with E-state index in [2.05, 4.69) is 31.0 Å². The van der Waals surface area contributed by atoms with E-state index in [1.54, 1.807) is 0 Å². The number of hydrogen-bond acceptors (Lipinski definition) is 2. The molecule has 0 amide bonds. The first-order valence-electron chi connectivity index (χ1n) is 6.85. The minimum absolute atomic E-state index is 0.133. The number of rotatable bonds is 9. The van der Waals surface area contributed by atoms with Crippen molar-refractivity contribution in [2.24, 2.45) is 0 Å². The van der Waals surface area contributed by atoms with E-state index in [0.717, 1.165) is 25.8 Å². The summed E-state index contributed by atoms with van der Waals surface area (Å²) in [5.41, 5.74) is 0. The summed E-state index contributed by atoms with van der Waals surface area (Å²) in [5, 5.41) is 2.49. The molecule has 110 valence electrons. The number of hydrogen-bond donors (Lipinski definition) is 1. The van der Waals surface area contributed by atoms with E-state index < -0.39 is 12.7 Å². The van der Waals surface area contributed by atoms with Gasteiger partial charge in [-0.3, -0.25) is 4.90 Å². The molecule has 2 unspecified atom stereocenters. The Labute approximate surface area is 109 Å². The Bertz CT molecular complexity index is 207. The van der Waals surface area contributed by atoms with Crippen LogP contribution in [0, 0.1) is 0 Å². The minimum Gasteiger partial charge on any atom is -0.307 e.